The number of para-hydroxylation sites is 1. The smallest absolute Gasteiger partial charge is 0.337 e. The van der Waals surface area contributed by atoms with E-state index in [9.17, 15) is 9.90 Å². The van der Waals surface area contributed by atoms with Gasteiger partial charge in [-0.25, -0.2) is 4.79 Å². The van der Waals surface area contributed by atoms with E-state index in [2.05, 4.69) is 11.0 Å². The van der Waals surface area contributed by atoms with Crippen LogP contribution in [-0.2, 0) is 0 Å². The van der Waals surface area contributed by atoms with Crippen molar-refractivity contribution >= 4 is 11.7 Å². The van der Waals surface area contributed by atoms with Crippen LogP contribution in [0, 0.1) is 11.3 Å². The Morgan fingerprint density at radius 3 is 2.41 bits per heavy atom. The Balaban J connectivity index is 1.53. The number of benzene rings is 2. The second kappa shape index (κ2) is 6.89. The quantitative estimate of drug-likeness (QED) is 0.756. The van der Waals surface area contributed by atoms with Gasteiger partial charge >= 0.3 is 5.97 Å². The van der Waals surface area contributed by atoms with E-state index in [0.717, 1.165) is 11.4 Å². The predicted octanol–water partition coefficient (Wildman–Crippen LogP) is 3.31. The van der Waals surface area contributed by atoms with Crippen molar-refractivity contribution in [3.05, 3.63) is 78.1 Å². The molecule has 0 aliphatic carbocycles. The van der Waals surface area contributed by atoms with Crippen LogP contribution in [0.4, 0.5) is 5.69 Å². The minimum atomic E-state index is -0.952. The summed E-state index contributed by atoms with van der Waals surface area (Å²) in [5.41, 5.74) is 2.39. The van der Waals surface area contributed by atoms with Crippen LogP contribution in [-0.4, -0.2) is 34.8 Å². The molecule has 0 saturated carbocycles. The zero-order valence-corrected chi connectivity index (χ0v) is 14.4. The topological polar surface area (TPSA) is 78.5 Å². The van der Waals surface area contributed by atoms with Crippen LogP contribution in [0.25, 0.3) is 5.69 Å². The van der Waals surface area contributed by atoms with E-state index in [1.807, 2.05) is 35.2 Å². The molecule has 0 atom stereocenters. The zero-order valence-electron chi connectivity index (χ0n) is 14.4. The van der Waals surface area contributed by atoms with E-state index in [0.29, 0.717) is 24.3 Å². The fourth-order valence-corrected chi connectivity index (χ4v) is 3.22. The maximum Gasteiger partial charge on any atom is 0.337 e. The van der Waals surface area contributed by atoms with Crippen LogP contribution in [0.5, 0.6) is 5.75 Å². The lowest BCUT2D eigenvalue weighted by atomic mass is 10.1. The van der Waals surface area contributed by atoms with Gasteiger partial charge in [0.05, 0.1) is 41.7 Å². The molecule has 6 nitrogen and oxygen atoms in total. The van der Waals surface area contributed by atoms with E-state index in [1.54, 1.807) is 36.4 Å². The van der Waals surface area contributed by atoms with E-state index >= 15 is 0 Å². The molecule has 1 N–H and O–H groups in total. The van der Waals surface area contributed by atoms with E-state index < -0.39 is 5.97 Å². The molecule has 1 fully saturated rings. The highest BCUT2D eigenvalue weighted by Gasteiger charge is 2.31. The minimum absolute atomic E-state index is 0.0175. The molecule has 134 valence electrons. The molecular formula is C21H17N3O3. The van der Waals surface area contributed by atoms with Gasteiger partial charge in [0.15, 0.2) is 0 Å². The van der Waals surface area contributed by atoms with Gasteiger partial charge in [0.2, 0.25) is 0 Å². The zero-order chi connectivity index (χ0) is 18.8. The highest BCUT2D eigenvalue weighted by atomic mass is 16.5. The first kappa shape index (κ1) is 16.7. The number of aromatic nitrogens is 1. The second-order valence-corrected chi connectivity index (χ2v) is 6.35. The van der Waals surface area contributed by atoms with Gasteiger partial charge in [-0.3, -0.25) is 0 Å². The number of ether oxygens (including phenoxy) is 1. The molecule has 2 heterocycles. The van der Waals surface area contributed by atoms with Crippen molar-refractivity contribution in [2.45, 2.75) is 6.10 Å². The normalized spacial score (nSPS) is 13.7. The number of nitrogens with zero attached hydrogens (tertiary/aromatic N) is 3. The Bertz CT molecular complexity index is 998. The molecular weight excluding hydrogens is 342 g/mol. The summed E-state index contributed by atoms with van der Waals surface area (Å²) in [5, 5.41) is 18.4. The van der Waals surface area contributed by atoms with Crippen LogP contribution in [0.15, 0.2) is 67.0 Å². The average molecular weight is 359 g/mol. The van der Waals surface area contributed by atoms with Crippen LogP contribution >= 0.6 is 0 Å². The van der Waals surface area contributed by atoms with E-state index in [4.69, 9.17) is 10.00 Å². The number of aromatic carboxylic acids is 1. The van der Waals surface area contributed by atoms with Gasteiger partial charge in [0.1, 0.15) is 11.9 Å². The lowest BCUT2D eigenvalue weighted by Gasteiger charge is -2.41. The summed E-state index contributed by atoms with van der Waals surface area (Å²) in [6, 6.07) is 18.2. The van der Waals surface area contributed by atoms with E-state index in [1.165, 1.54) is 0 Å². The molecule has 6 heteroatoms. The summed E-state index contributed by atoms with van der Waals surface area (Å²) in [7, 11) is 0. The molecule has 1 aliphatic heterocycles. The minimum Gasteiger partial charge on any atom is -0.487 e. The molecule has 27 heavy (non-hydrogen) atoms. The number of carboxylic acids is 1. The van der Waals surface area contributed by atoms with Crippen molar-refractivity contribution in [2.75, 3.05) is 18.0 Å². The Morgan fingerprint density at radius 1 is 1.07 bits per heavy atom. The summed E-state index contributed by atoms with van der Waals surface area (Å²) in [5.74, 6) is -0.227. The van der Waals surface area contributed by atoms with Gasteiger partial charge < -0.3 is 19.3 Å². The van der Waals surface area contributed by atoms with Gasteiger partial charge in [0, 0.05) is 12.4 Å². The second-order valence-electron chi connectivity index (χ2n) is 6.35. The van der Waals surface area contributed by atoms with Crippen molar-refractivity contribution in [3.8, 4) is 17.5 Å². The number of hydrogen-bond acceptors (Lipinski definition) is 4. The predicted molar refractivity (Wildman–Crippen MR) is 101 cm³/mol. The molecule has 1 aliphatic rings. The number of carbonyl (C=O) groups is 1. The van der Waals surface area contributed by atoms with E-state index in [-0.39, 0.29) is 11.7 Å². The number of carboxylic acid groups (broad SMARTS) is 1. The summed E-state index contributed by atoms with van der Waals surface area (Å²) < 4.78 is 7.76. The van der Waals surface area contributed by atoms with Crippen molar-refractivity contribution in [2.24, 2.45) is 0 Å². The number of nitriles is 1. The highest BCUT2D eigenvalue weighted by Crippen LogP contribution is 2.32. The van der Waals surface area contributed by atoms with Crippen molar-refractivity contribution < 1.29 is 14.6 Å². The maximum absolute atomic E-state index is 11.7. The van der Waals surface area contributed by atoms with Crippen LogP contribution < -0.4 is 9.64 Å². The number of anilines is 1. The Morgan fingerprint density at radius 2 is 1.78 bits per heavy atom. The summed E-state index contributed by atoms with van der Waals surface area (Å²) >= 11 is 0. The fraction of sp³-hybridized carbons (Fsp3) is 0.143. The fourth-order valence-electron chi connectivity index (χ4n) is 3.22. The first-order valence-electron chi connectivity index (χ1n) is 8.57. The molecule has 2 aromatic carbocycles. The molecule has 0 unspecified atom stereocenters. The Labute approximate surface area is 156 Å². The lowest BCUT2D eigenvalue weighted by molar-refractivity contribution is 0.0697. The summed E-state index contributed by atoms with van der Waals surface area (Å²) in [4.78, 5) is 13.8. The van der Waals surface area contributed by atoms with Gasteiger partial charge in [-0.1, -0.05) is 6.07 Å². The number of hydrogen-bond donors (Lipinski definition) is 1. The van der Waals surface area contributed by atoms with Gasteiger partial charge in [-0.15, -0.1) is 0 Å². The van der Waals surface area contributed by atoms with Crippen molar-refractivity contribution in [1.82, 2.24) is 4.57 Å². The first-order chi connectivity index (χ1) is 13.2. The summed E-state index contributed by atoms with van der Waals surface area (Å²) in [6.07, 6.45) is 3.70. The van der Waals surface area contributed by atoms with Gasteiger partial charge in [0.25, 0.3) is 0 Å². The van der Waals surface area contributed by atoms with Crippen LogP contribution in [0.1, 0.15) is 15.9 Å². The summed E-state index contributed by atoms with van der Waals surface area (Å²) in [6.45, 7) is 1.33. The standard InChI is InChI=1S/C21H17N3O3/c22-12-15-6-8-16(9-7-15)27-17-13-24(14-17)19-5-3-4-18(21(25)26)20(19)23-10-1-2-11-23/h1-11,17H,13-14H2,(H,25,26). The third-order valence-corrected chi connectivity index (χ3v) is 4.58. The monoisotopic (exact) mass is 359 g/mol. The SMILES string of the molecule is N#Cc1ccc(OC2CN(c3cccc(C(=O)O)c3-n3cccc3)C2)cc1. The Kier molecular flexibility index (Phi) is 4.27. The molecule has 1 saturated heterocycles. The largest absolute Gasteiger partial charge is 0.487 e. The molecule has 3 aromatic rings. The van der Waals surface area contributed by atoms with Gasteiger partial charge in [-0.2, -0.15) is 5.26 Å². The molecule has 0 amide bonds. The van der Waals surface area contributed by atoms with Crippen molar-refractivity contribution in [3.63, 3.8) is 0 Å². The third kappa shape index (κ3) is 3.23. The third-order valence-electron chi connectivity index (χ3n) is 4.58. The highest BCUT2D eigenvalue weighted by molar-refractivity contribution is 5.95. The van der Waals surface area contributed by atoms with Crippen molar-refractivity contribution in [1.29, 1.82) is 5.26 Å². The van der Waals surface area contributed by atoms with Crippen LogP contribution in [0.2, 0.25) is 0 Å². The molecule has 0 spiro atoms. The molecule has 4 rings (SSSR count). The molecule has 0 bridgehead atoms. The maximum atomic E-state index is 11.7. The van der Waals surface area contributed by atoms with Crippen LogP contribution in [0.3, 0.4) is 0 Å². The Hall–Kier alpha value is -3.72. The molecule has 0 radical (unpaired) electrons. The first-order valence-corrected chi connectivity index (χ1v) is 8.57. The number of rotatable bonds is 5. The average Bonchev–Trinajstić information content (AvgIpc) is 3.18. The van der Waals surface area contributed by atoms with Gasteiger partial charge in [-0.05, 0) is 48.5 Å². The lowest BCUT2D eigenvalue weighted by Crippen LogP contribution is -2.54. The molecule has 1 aromatic heterocycles.